The lowest BCUT2D eigenvalue weighted by Gasteiger charge is -2.15. The number of hydrogen-bond acceptors (Lipinski definition) is 1. The smallest absolute Gasteiger partial charge is 0.0342 e. The molecule has 0 unspecified atom stereocenters. The van der Waals surface area contributed by atoms with Gasteiger partial charge in [0.1, 0.15) is 0 Å². The third-order valence-electron chi connectivity index (χ3n) is 3.30. The summed E-state index contributed by atoms with van der Waals surface area (Å²) >= 11 is 0. The van der Waals surface area contributed by atoms with Crippen molar-refractivity contribution < 1.29 is 0 Å². The number of benzene rings is 1. The second-order valence-electron chi connectivity index (χ2n) is 5.05. The number of nitrogens with one attached hydrogen (secondary N) is 1. The van der Waals surface area contributed by atoms with Gasteiger partial charge in [0.15, 0.2) is 0 Å². The summed E-state index contributed by atoms with van der Waals surface area (Å²) in [5, 5.41) is 3.57. The molecule has 82 valence electrons. The molecule has 1 fully saturated rings. The van der Waals surface area contributed by atoms with Crippen LogP contribution < -0.4 is 5.32 Å². The molecule has 0 aromatic heterocycles. The molecule has 1 aromatic rings. The zero-order valence-corrected chi connectivity index (χ0v) is 9.96. The third kappa shape index (κ3) is 2.74. The largest absolute Gasteiger partial charge is 0.382 e. The van der Waals surface area contributed by atoms with Gasteiger partial charge >= 0.3 is 0 Å². The first kappa shape index (κ1) is 10.5. The Bertz CT molecular complexity index is 309. The number of hydrogen-bond donors (Lipinski definition) is 1. The number of anilines is 1. The molecule has 0 amide bonds. The van der Waals surface area contributed by atoms with Crippen LogP contribution in [0.3, 0.4) is 0 Å². The first-order chi connectivity index (χ1) is 7.16. The predicted octanol–water partition coefficient (Wildman–Crippen LogP) is 4.02. The van der Waals surface area contributed by atoms with Crippen molar-refractivity contribution in [2.24, 2.45) is 5.92 Å². The molecular formula is C14H21N. The quantitative estimate of drug-likeness (QED) is 0.779. The summed E-state index contributed by atoms with van der Waals surface area (Å²) in [5.74, 6) is 1.54. The van der Waals surface area contributed by atoms with E-state index in [0.29, 0.717) is 12.0 Å². The zero-order chi connectivity index (χ0) is 10.8. The Morgan fingerprint density at radius 1 is 1.07 bits per heavy atom. The van der Waals surface area contributed by atoms with Crippen LogP contribution in [0.4, 0.5) is 5.69 Å². The second-order valence-corrected chi connectivity index (χ2v) is 5.05. The van der Waals surface area contributed by atoms with Crippen LogP contribution >= 0.6 is 0 Å². The standard InChI is InChI=1S/C14H21N/c1-10(2)12-6-8-14(9-7-12)15-11(3)13-4-5-13/h6-11,13,15H,4-5H2,1-3H3/t11-/m1/s1. The Morgan fingerprint density at radius 3 is 2.13 bits per heavy atom. The van der Waals surface area contributed by atoms with Gasteiger partial charge in [0.05, 0.1) is 0 Å². The van der Waals surface area contributed by atoms with E-state index in [-0.39, 0.29) is 0 Å². The van der Waals surface area contributed by atoms with Crippen molar-refractivity contribution in [3.8, 4) is 0 Å². The zero-order valence-electron chi connectivity index (χ0n) is 9.96. The van der Waals surface area contributed by atoms with Gasteiger partial charge in [-0.1, -0.05) is 26.0 Å². The summed E-state index contributed by atoms with van der Waals surface area (Å²) in [7, 11) is 0. The molecule has 1 atom stereocenters. The van der Waals surface area contributed by atoms with Crippen molar-refractivity contribution in [1.82, 2.24) is 0 Å². The molecule has 1 aromatic carbocycles. The highest BCUT2D eigenvalue weighted by molar-refractivity contribution is 5.46. The Kier molecular flexibility index (Phi) is 2.99. The van der Waals surface area contributed by atoms with Crippen LogP contribution in [0.5, 0.6) is 0 Å². The van der Waals surface area contributed by atoms with Crippen molar-refractivity contribution in [3.63, 3.8) is 0 Å². The Hall–Kier alpha value is -0.980. The van der Waals surface area contributed by atoms with Crippen molar-refractivity contribution in [2.45, 2.75) is 45.6 Å². The van der Waals surface area contributed by atoms with E-state index < -0.39 is 0 Å². The highest BCUT2D eigenvalue weighted by Gasteiger charge is 2.27. The van der Waals surface area contributed by atoms with Gasteiger partial charge in [-0.2, -0.15) is 0 Å². The van der Waals surface area contributed by atoms with Crippen LogP contribution in [-0.2, 0) is 0 Å². The maximum absolute atomic E-state index is 3.57. The molecule has 1 nitrogen and oxygen atoms in total. The highest BCUT2D eigenvalue weighted by atomic mass is 14.9. The molecule has 1 N–H and O–H groups in total. The van der Waals surface area contributed by atoms with Crippen molar-refractivity contribution in [3.05, 3.63) is 29.8 Å². The molecule has 0 spiro atoms. The monoisotopic (exact) mass is 203 g/mol. The maximum atomic E-state index is 3.57. The third-order valence-corrected chi connectivity index (χ3v) is 3.30. The first-order valence-electron chi connectivity index (χ1n) is 6.03. The van der Waals surface area contributed by atoms with Crippen molar-refractivity contribution in [2.75, 3.05) is 5.32 Å². The average molecular weight is 203 g/mol. The maximum Gasteiger partial charge on any atom is 0.0342 e. The lowest BCUT2D eigenvalue weighted by atomic mass is 10.0. The molecule has 0 aliphatic heterocycles. The van der Waals surface area contributed by atoms with E-state index in [9.17, 15) is 0 Å². The first-order valence-corrected chi connectivity index (χ1v) is 6.03. The summed E-state index contributed by atoms with van der Waals surface area (Å²) in [6.45, 7) is 6.75. The minimum Gasteiger partial charge on any atom is -0.382 e. The lowest BCUT2D eigenvalue weighted by molar-refractivity contribution is 0.694. The average Bonchev–Trinajstić information content (AvgIpc) is 3.01. The van der Waals surface area contributed by atoms with Crippen LogP contribution in [-0.4, -0.2) is 6.04 Å². The van der Waals surface area contributed by atoms with Gasteiger partial charge in [0.2, 0.25) is 0 Å². The van der Waals surface area contributed by atoms with E-state index in [2.05, 4.69) is 50.4 Å². The van der Waals surface area contributed by atoms with E-state index in [1.54, 1.807) is 0 Å². The van der Waals surface area contributed by atoms with Crippen LogP contribution in [0.15, 0.2) is 24.3 Å². The summed E-state index contributed by atoms with van der Waals surface area (Å²) in [5.41, 5.74) is 2.68. The summed E-state index contributed by atoms with van der Waals surface area (Å²) < 4.78 is 0. The van der Waals surface area contributed by atoms with Crippen molar-refractivity contribution >= 4 is 5.69 Å². The SMILES string of the molecule is CC(C)c1ccc(N[C@H](C)C2CC2)cc1. The molecule has 1 aliphatic carbocycles. The second kappa shape index (κ2) is 4.26. The Labute approximate surface area is 92.9 Å². The normalized spacial score (nSPS) is 17.9. The molecule has 2 rings (SSSR count). The van der Waals surface area contributed by atoms with Crippen molar-refractivity contribution in [1.29, 1.82) is 0 Å². The summed E-state index contributed by atoms with van der Waals surface area (Å²) in [6, 6.07) is 9.50. The van der Waals surface area contributed by atoms with Crippen LogP contribution in [0, 0.1) is 5.92 Å². The topological polar surface area (TPSA) is 12.0 Å². The van der Waals surface area contributed by atoms with Gasteiger partial charge in [-0.3, -0.25) is 0 Å². The summed E-state index contributed by atoms with van der Waals surface area (Å²) in [4.78, 5) is 0. The molecule has 1 heteroatoms. The van der Waals surface area contributed by atoms with Crippen LogP contribution in [0.2, 0.25) is 0 Å². The fourth-order valence-electron chi connectivity index (χ4n) is 1.94. The van der Waals surface area contributed by atoms with E-state index in [0.717, 1.165) is 5.92 Å². The highest BCUT2D eigenvalue weighted by Crippen LogP contribution is 2.34. The Morgan fingerprint density at radius 2 is 1.67 bits per heavy atom. The molecule has 1 aliphatic rings. The van der Waals surface area contributed by atoms with Crippen LogP contribution in [0.25, 0.3) is 0 Å². The molecule has 0 radical (unpaired) electrons. The van der Waals surface area contributed by atoms with E-state index >= 15 is 0 Å². The molecule has 0 saturated heterocycles. The van der Waals surface area contributed by atoms with Gasteiger partial charge in [-0.05, 0) is 49.3 Å². The molecule has 0 bridgehead atoms. The van der Waals surface area contributed by atoms with Gasteiger partial charge in [-0.25, -0.2) is 0 Å². The van der Waals surface area contributed by atoms with E-state index in [1.807, 2.05) is 0 Å². The van der Waals surface area contributed by atoms with E-state index in [1.165, 1.54) is 24.1 Å². The minimum atomic E-state index is 0.625. The van der Waals surface area contributed by atoms with Gasteiger partial charge in [-0.15, -0.1) is 0 Å². The molecule has 15 heavy (non-hydrogen) atoms. The molecular weight excluding hydrogens is 182 g/mol. The fourth-order valence-corrected chi connectivity index (χ4v) is 1.94. The molecule has 0 heterocycles. The van der Waals surface area contributed by atoms with Gasteiger partial charge in [0, 0.05) is 11.7 Å². The lowest BCUT2D eigenvalue weighted by Crippen LogP contribution is -2.17. The van der Waals surface area contributed by atoms with E-state index in [4.69, 9.17) is 0 Å². The van der Waals surface area contributed by atoms with Crippen LogP contribution in [0.1, 0.15) is 45.1 Å². The molecule has 1 saturated carbocycles. The number of rotatable bonds is 4. The fraction of sp³-hybridized carbons (Fsp3) is 0.571. The van der Waals surface area contributed by atoms with Gasteiger partial charge < -0.3 is 5.32 Å². The van der Waals surface area contributed by atoms with Gasteiger partial charge in [0.25, 0.3) is 0 Å². The minimum absolute atomic E-state index is 0.625. The Balaban J connectivity index is 1.97. The predicted molar refractivity (Wildman–Crippen MR) is 66.3 cm³/mol. The summed E-state index contributed by atoms with van der Waals surface area (Å²) in [6.07, 6.45) is 2.80.